The van der Waals surface area contributed by atoms with Crippen molar-refractivity contribution in [1.82, 2.24) is 4.98 Å². The van der Waals surface area contributed by atoms with Gasteiger partial charge in [-0.1, -0.05) is 43.3 Å². The predicted molar refractivity (Wildman–Crippen MR) is 156 cm³/mol. The Labute approximate surface area is 242 Å². The first-order chi connectivity index (χ1) is 19.9. The summed E-state index contributed by atoms with van der Waals surface area (Å²) in [6, 6.07) is 25.3. The summed E-state index contributed by atoms with van der Waals surface area (Å²) in [5, 5.41) is 21.5. The Morgan fingerprint density at radius 2 is 1.61 bits per heavy atom. The van der Waals surface area contributed by atoms with E-state index in [1.807, 2.05) is 48.5 Å². The molecular weight excluding hydrogens is 540 g/mol. The third-order valence-electron chi connectivity index (χ3n) is 7.00. The topological polar surface area (TPSA) is 118 Å². The molecule has 1 fully saturated rings. The second-order valence-electron chi connectivity index (χ2n) is 9.78. The Balaban J connectivity index is 1.33. The smallest absolute Gasteiger partial charge is 0.335 e. The molecular formula is C32H30N2O6S. The van der Waals surface area contributed by atoms with E-state index in [-0.39, 0.29) is 36.2 Å². The molecule has 0 bridgehead atoms. The van der Waals surface area contributed by atoms with E-state index in [1.165, 1.54) is 6.20 Å². The molecule has 0 spiro atoms. The molecule has 1 aliphatic rings. The van der Waals surface area contributed by atoms with E-state index in [2.05, 4.69) is 17.2 Å². The molecule has 4 atom stereocenters. The van der Waals surface area contributed by atoms with Crippen LogP contribution in [0.3, 0.4) is 0 Å². The second kappa shape index (κ2) is 13.1. The fourth-order valence-electron chi connectivity index (χ4n) is 4.61. The number of nitrogens with zero attached hydrogens (tertiary/aromatic N) is 1. The number of amides is 1. The fourth-order valence-corrected chi connectivity index (χ4v) is 5.67. The van der Waals surface area contributed by atoms with Gasteiger partial charge in [0.2, 0.25) is 0 Å². The standard InChI is InChI=1S/C32H30N2O6S/c1-20-28(19-41-27-14-10-23(11-15-27)31(37)38)39-32(40-29(20)22-6-4-21(18-35)5-7-22)24-8-12-26(13-9-24)34-30(36)25-3-2-16-33-17-25/h2-17,20,28-29,32,35H,18-19H2,1H3,(H,34,36)(H,37,38)/t20-,28+,29+,32+/m0/s1. The summed E-state index contributed by atoms with van der Waals surface area (Å²) < 4.78 is 13.0. The van der Waals surface area contributed by atoms with Gasteiger partial charge in [0.05, 0.1) is 29.9 Å². The lowest BCUT2D eigenvalue weighted by Crippen LogP contribution is -2.38. The van der Waals surface area contributed by atoms with Gasteiger partial charge in [0.1, 0.15) is 0 Å². The fraction of sp³-hybridized carbons (Fsp3) is 0.219. The number of rotatable bonds is 9. The van der Waals surface area contributed by atoms with E-state index in [0.29, 0.717) is 17.0 Å². The SMILES string of the molecule is C[C@H]1[C@@H](CSc2ccc(C(=O)O)cc2)O[C@@H](c2ccc(NC(=O)c3cccnc3)cc2)O[C@H]1c1ccc(CO)cc1. The number of hydrogen-bond acceptors (Lipinski definition) is 7. The molecule has 9 heteroatoms. The van der Waals surface area contributed by atoms with Crippen molar-refractivity contribution >= 4 is 29.3 Å². The van der Waals surface area contributed by atoms with E-state index in [0.717, 1.165) is 21.6 Å². The lowest BCUT2D eigenvalue weighted by atomic mass is 9.91. The summed E-state index contributed by atoms with van der Waals surface area (Å²) in [6.45, 7) is 2.06. The first kappa shape index (κ1) is 28.5. The van der Waals surface area contributed by atoms with Crippen LogP contribution in [0.25, 0.3) is 0 Å². The molecule has 1 aromatic heterocycles. The van der Waals surface area contributed by atoms with Gasteiger partial charge in [0.25, 0.3) is 5.91 Å². The number of aliphatic hydroxyl groups excluding tert-OH is 1. The van der Waals surface area contributed by atoms with Crippen molar-refractivity contribution in [3.8, 4) is 0 Å². The highest BCUT2D eigenvalue weighted by Gasteiger charge is 2.38. The largest absolute Gasteiger partial charge is 0.478 e. The zero-order valence-electron chi connectivity index (χ0n) is 22.3. The number of ether oxygens (including phenoxy) is 2. The molecule has 3 aromatic carbocycles. The van der Waals surface area contributed by atoms with Gasteiger partial charge in [-0.3, -0.25) is 9.78 Å². The Bertz CT molecular complexity index is 1460. The van der Waals surface area contributed by atoms with Gasteiger partial charge in [0, 0.05) is 40.2 Å². The predicted octanol–water partition coefficient (Wildman–Crippen LogP) is 6.11. The van der Waals surface area contributed by atoms with E-state index >= 15 is 0 Å². The quantitative estimate of drug-likeness (QED) is 0.206. The molecule has 1 aliphatic heterocycles. The zero-order chi connectivity index (χ0) is 28.8. The number of thioether (sulfide) groups is 1. The van der Waals surface area contributed by atoms with Crippen LogP contribution in [-0.2, 0) is 16.1 Å². The number of aliphatic hydroxyl groups is 1. The second-order valence-corrected chi connectivity index (χ2v) is 10.9. The van der Waals surface area contributed by atoms with Crippen LogP contribution in [0, 0.1) is 5.92 Å². The van der Waals surface area contributed by atoms with Gasteiger partial charge in [0.15, 0.2) is 6.29 Å². The van der Waals surface area contributed by atoms with Gasteiger partial charge in [-0.25, -0.2) is 4.79 Å². The molecule has 5 rings (SSSR count). The molecule has 4 aromatic rings. The third kappa shape index (κ3) is 7.01. The van der Waals surface area contributed by atoms with Gasteiger partial charge >= 0.3 is 5.97 Å². The molecule has 41 heavy (non-hydrogen) atoms. The van der Waals surface area contributed by atoms with Crippen molar-refractivity contribution in [3.63, 3.8) is 0 Å². The summed E-state index contributed by atoms with van der Waals surface area (Å²) >= 11 is 1.60. The van der Waals surface area contributed by atoms with Crippen LogP contribution < -0.4 is 5.32 Å². The molecule has 210 valence electrons. The normalized spacial score (nSPS) is 20.3. The maximum atomic E-state index is 12.5. The van der Waals surface area contributed by atoms with E-state index < -0.39 is 12.3 Å². The first-order valence-electron chi connectivity index (χ1n) is 13.2. The number of anilines is 1. The van der Waals surface area contributed by atoms with Crippen molar-refractivity contribution < 1.29 is 29.3 Å². The number of aromatic carboxylic acids is 1. The molecule has 1 saturated heterocycles. The lowest BCUT2D eigenvalue weighted by molar-refractivity contribution is -0.268. The molecule has 2 heterocycles. The lowest BCUT2D eigenvalue weighted by Gasteiger charge is -2.41. The number of carboxylic acid groups (broad SMARTS) is 1. The van der Waals surface area contributed by atoms with Gasteiger partial charge in [-0.05, 0) is 59.7 Å². The number of hydrogen-bond donors (Lipinski definition) is 3. The summed E-state index contributed by atoms with van der Waals surface area (Å²) in [7, 11) is 0. The third-order valence-corrected chi connectivity index (χ3v) is 8.10. The average molecular weight is 571 g/mol. The highest BCUT2D eigenvalue weighted by molar-refractivity contribution is 7.99. The van der Waals surface area contributed by atoms with Crippen LogP contribution in [-0.4, -0.2) is 38.9 Å². The van der Waals surface area contributed by atoms with E-state index in [4.69, 9.17) is 9.47 Å². The summed E-state index contributed by atoms with van der Waals surface area (Å²) in [4.78, 5) is 28.7. The van der Waals surface area contributed by atoms with Crippen LogP contribution in [0.4, 0.5) is 5.69 Å². The van der Waals surface area contributed by atoms with Crippen molar-refractivity contribution in [2.75, 3.05) is 11.1 Å². The number of pyridine rings is 1. The van der Waals surface area contributed by atoms with Crippen molar-refractivity contribution in [2.24, 2.45) is 5.92 Å². The Kier molecular flexibility index (Phi) is 9.11. The zero-order valence-corrected chi connectivity index (χ0v) is 23.2. The van der Waals surface area contributed by atoms with E-state index in [9.17, 15) is 19.8 Å². The van der Waals surface area contributed by atoms with Crippen LogP contribution in [0.1, 0.15) is 56.7 Å². The number of benzene rings is 3. The molecule has 3 N–H and O–H groups in total. The summed E-state index contributed by atoms with van der Waals surface area (Å²) in [6.07, 6.45) is 2.06. The summed E-state index contributed by atoms with van der Waals surface area (Å²) in [5.41, 5.74) is 3.98. The average Bonchev–Trinajstić information content (AvgIpc) is 3.01. The highest BCUT2D eigenvalue weighted by atomic mass is 32.2. The minimum atomic E-state index is -0.955. The maximum Gasteiger partial charge on any atom is 0.335 e. The minimum absolute atomic E-state index is 0.00932. The highest BCUT2D eigenvalue weighted by Crippen LogP contribution is 2.43. The van der Waals surface area contributed by atoms with Gasteiger partial charge in [-0.15, -0.1) is 11.8 Å². The number of aromatic nitrogens is 1. The molecule has 8 nitrogen and oxygen atoms in total. The van der Waals surface area contributed by atoms with Gasteiger partial charge in [-0.2, -0.15) is 0 Å². The number of carboxylic acids is 1. The molecule has 0 saturated carbocycles. The van der Waals surface area contributed by atoms with Crippen molar-refractivity contribution in [2.45, 2.75) is 36.9 Å². The minimum Gasteiger partial charge on any atom is -0.478 e. The number of carbonyl (C=O) groups excluding carboxylic acids is 1. The van der Waals surface area contributed by atoms with Crippen LogP contribution in [0.15, 0.2) is 102 Å². The number of nitrogens with one attached hydrogen (secondary N) is 1. The molecule has 0 radical (unpaired) electrons. The van der Waals surface area contributed by atoms with Gasteiger partial charge < -0.3 is 25.0 Å². The van der Waals surface area contributed by atoms with Crippen molar-refractivity contribution in [1.29, 1.82) is 0 Å². The molecule has 0 unspecified atom stereocenters. The van der Waals surface area contributed by atoms with Crippen LogP contribution in [0.5, 0.6) is 0 Å². The first-order valence-corrected chi connectivity index (χ1v) is 14.2. The van der Waals surface area contributed by atoms with E-state index in [1.54, 1.807) is 54.4 Å². The monoisotopic (exact) mass is 570 g/mol. The van der Waals surface area contributed by atoms with Crippen molar-refractivity contribution in [3.05, 3.63) is 125 Å². The Morgan fingerprint density at radius 3 is 2.24 bits per heavy atom. The van der Waals surface area contributed by atoms with Crippen LogP contribution in [0.2, 0.25) is 0 Å². The molecule has 1 amide bonds. The van der Waals surface area contributed by atoms with Crippen LogP contribution >= 0.6 is 11.8 Å². The Morgan fingerprint density at radius 1 is 0.902 bits per heavy atom. The number of carbonyl (C=O) groups is 2. The summed E-state index contributed by atoms with van der Waals surface area (Å²) in [5.74, 6) is -0.555. The molecule has 0 aliphatic carbocycles. The Hall–Kier alpha value is -4.02. The maximum absolute atomic E-state index is 12.5.